The molecule has 1 aromatic rings. The van der Waals surface area contributed by atoms with Gasteiger partial charge in [-0.15, -0.1) is 0 Å². The summed E-state index contributed by atoms with van der Waals surface area (Å²) in [6.45, 7) is 0. The summed E-state index contributed by atoms with van der Waals surface area (Å²) in [5.41, 5.74) is -0.0990. The van der Waals surface area contributed by atoms with Crippen LogP contribution in [0.25, 0.3) is 0 Å². The van der Waals surface area contributed by atoms with Crippen molar-refractivity contribution in [3.63, 3.8) is 0 Å². The van der Waals surface area contributed by atoms with Crippen LogP contribution in [0, 0.1) is 0 Å². The molecule has 0 radical (unpaired) electrons. The Kier molecular flexibility index (Phi) is 3.26. The van der Waals surface area contributed by atoms with E-state index in [4.69, 9.17) is 11.6 Å². The summed E-state index contributed by atoms with van der Waals surface area (Å²) in [4.78, 5) is 15.1. The summed E-state index contributed by atoms with van der Waals surface area (Å²) < 4.78 is 37.3. The van der Waals surface area contributed by atoms with Crippen molar-refractivity contribution in [2.24, 2.45) is 4.99 Å². The zero-order valence-corrected chi connectivity index (χ0v) is 9.72. The highest BCUT2D eigenvalue weighted by Gasteiger charge is 2.31. The maximum Gasteiger partial charge on any atom is 0.416 e. The molecule has 0 aromatic heterocycles. The van der Waals surface area contributed by atoms with Crippen LogP contribution in [0.15, 0.2) is 35.5 Å². The van der Waals surface area contributed by atoms with E-state index in [1.54, 1.807) is 0 Å². The first-order valence-corrected chi connectivity index (χ1v) is 5.39. The van der Waals surface area contributed by atoms with Crippen molar-refractivity contribution in [3.8, 4) is 0 Å². The third kappa shape index (κ3) is 2.61. The maximum absolute atomic E-state index is 12.4. The van der Waals surface area contributed by atoms with Crippen LogP contribution in [-0.2, 0) is 11.0 Å². The van der Waals surface area contributed by atoms with Crippen LogP contribution in [-0.4, -0.2) is 11.5 Å². The van der Waals surface area contributed by atoms with Gasteiger partial charge < -0.3 is 0 Å². The van der Waals surface area contributed by atoms with Crippen molar-refractivity contribution >= 4 is 23.1 Å². The fourth-order valence-corrected chi connectivity index (χ4v) is 1.86. The fourth-order valence-electron chi connectivity index (χ4n) is 1.57. The number of ketones is 1. The molecule has 6 heteroatoms. The van der Waals surface area contributed by atoms with Crippen LogP contribution in [0.5, 0.6) is 0 Å². The molecule has 0 bridgehead atoms. The van der Waals surface area contributed by atoms with Gasteiger partial charge in [-0.3, -0.25) is 9.79 Å². The number of hydrogen-bond donors (Lipinski definition) is 0. The Balaban J connectivity index is 2.40. The molecule has 0 saturated carbocycles. The smallest absolute Gasteiger partial charge is 0.294 e. The van der Waals surface area contributed by atoms with Crippen molar-refractivity contribution in [1.29, 1.82) is 0 Å². The van der Waals surface area contributed by atoms with Gasteiger partial charge in [-0.05, 0) is 18.2 Å². The molecule has 1 heterocycles. The number of carbonyl (C=O) groups excluding carboxylic acids is 1. The van der Waals surface area contributed by atoms with Gasteiger partial charge in [0.25, 0.3) is 0 Å². The van der Waals surface area contributed by atoms with Gasteiger partial charge in [-0.2, -0.15) is 13.2 Å². The third-order valence-electron chi connectivity index (χ3n) is 2.44. The van der Waals surface area contributed by atoms with E-state index in [-0.39, 0.29) is 17.2 Å². The topological polar surface area (TPSA) is 29.4 Å². The van der Waals surface area contributed by atoms with E-state index in [0.717, 1.165) is 12.1 Å². The minimum absolute atomic E-state index is 0.0432. The predicted molar refractivity (Wildman–Crippen MR) is 61.8 cm³/mol. The van der Waals surface area contributed by atoms with Gasteiger partial charge in [0, 0.05) is 11.8 Å². The highest BCUT2D eigenvalue weighted by Crippen LogP contribution is 2.32. The van der Waals surface area contributed by atoms with Gasteiger partial charge >= 0.3 is 6.18 Å². The largest absolute Gasteiger partial charge is 0.416 e. The SMILES string of the molecule is O=C1C=CN=C(c2ccc(C(F)(F)F)cc2Cl)C1. The predicted octanol–water partition coefficient (Wildman–Crippen LogP) is 3.63. The van der Waals surface area contributed by atoms with Crippen molar-refractivity contribution in [2.75, 3.05) is 0 Å². The van der Waals surface area contributed by atoms with Crippen LogP contribution in [0.4, 0.5) is 13.2 Å². The third-order valence-corrected chi connectivity index (χ3v) is 2.75. The normalized spacial score (nSPS) is 15.8. The van der Waals surface area contributed by atoms with E-state index in [1.165, 1.54) is 18.3 Å². The Bertz CT molecular complexity index is 561. The van der Waals surface area contributed by atoms with E-state index in [1.807, 2.05) is 0 Å². The number of alkyl halides is 3. The zero-order chi connectivity index (χ0) is 13.3. The number of benzene rings is 1. The molecule has 94 valence electrons. The second-order valence-electron chi connectivity index (χ2n) is 3.73. The van der Waals surface area contributed by atoms with E-state index >= 15 is 0 Å². The number of rotatable bonds is 1. The summed E-state index contributed by atoms with van der Waals surface area (Å²) in [5, 5.41) is -0.0633. The first-order chi connectivity index (χ1) is 8.38. The zero-order valence-electron chi connectivity index (χ0n) is 8.96. The number of carbonyl (C=O) groups is 1. The Morgan fingerprint density at radius 3 is 2.56 bits per heavy atom. The average Bonchev–Trinajstić information content (AvgIpc) is 2.27. The molecule has 2 rings (SSSR count). The van der Waals surface area contributed by atoms with Gasteiger partial charge in [0.2, 0.25) is 0 Å². The van der Waals surface area contributed by atoms with Crippen LogP contribution in [0.1, 0.15) is 17.5 Å². The van der Waals surface area contributed by atoms with Crippen molar-refractivity contribution < 1.29 is 18.0 Å². The van der Waals surface area contributed by atoms with E-state index in [2.05, 4.69) is 4.99 Å². The Morgan fingerprint density at radius 1 is 1.28 bits per heavy atom. The van der Waals surface area contributed by atoms with E-state index in [9.17, 15) is 18.0 Å². The molecule has 0 fully saturated rings. The lowest BCUT2D eigenvalue weighted by atomic mass is 10.0. The molecule has 0 atom stereocenters. The summed E-state index contributed by atoms with van der Waals surface area (Å²) in [6, 6.07) is 2.99. The van der Waals surface area contributed by atoms with Crippen molar-refractivity contribution in [3.05, 3.63) is 46.6 Å². The standard InChI is InChI=1S/C12H7ClF3NO/c13-10-5-7(12(14,15)16)1-2-9(10)11-6-8(18)3-4-17-11/h1-5H,6H2. The molecule has 0 saturated heterocycles. The van der Waals surface area contributed by atoms with Gasteiger partial charge in [0.15, 0.2) is 5.78 Å². The number of halogens is 4. The summed E-state index contributed by atoms with van der Waals surface area (Å²) >= 11 is 5.80. The number of allylic oxidation sites excluding steroid dienone is 1. The van der Waals surface area contributed by atoms with Crippen LogP contribution in [0.3, 0.4) is 0 Å². The summed E-state index contributed by atoms with van der Waals surface area (Å²) in [7, 11) is 0. The second kappa shape index (κ2) is 4.57. The minimum Gasteiger partial charge on any atom is -0.294 e. The number of hydrogen-bond acceptors (Lipinski definition) is 2. The fraction of sp³-hybridized carbons (Fsp3) is 0.167. The Hall–Kier alpha value is -1.62. The molecule has 18 heavy (non-hydrogen) atoms. The average molecular weight is 274 g/mol. The van der Waals surface area contributed by atoms with Crippen molar-refractivity contribution in [1.82, 2.24) is 0 Å². The molecular formula is C12H7ClF3NO. The van der Waals surface area contributed by atoms with Gasteiger partial charge in [-0.25, -0.2) is 0 Å². The lowest BCUT2D eigenvalue weighted by molar-refractivity contribution is -0.137. The molecule has 0 aliphatic carbocycles. The lowest BCUT2D eigenvalue weighted by Crippen LogP contribution is -2.12. The van der Waals surface area contributed by atoms with E-state index in [0.29, 0.717) is 11.3 Å². The van der Waals surface area contributed by atoms with Crippen molar-refractivity contribution in [2.45, 2.75) is 12.6 Å². The minimum atomic E-state index is -4.44. The summed E-state index contributed by atoms with van der Waals surface area (Å²) in [6.07, 6.45) is -1.77. The van der Waals surface area contributed by atoms with Gasteiger partial charge in [0.1, 0.15) is 0 Å². The maximum atomic E-state index is 12.4. The molecular weight excluding hydrogens is 267 g/mol. The molecule has 1 aliphatic rings. The van der Waals surface area contributed by atoms with Gasteiger partial charge in [-0.1, -0.05) is 17.7 Å². The van der Waals surface area contributed by atoms with Gasteiger partial charge in [0.05, 0.1) is 22.7 Å². The lowest BCUT2D eigenvalue weighted by Gasteiger charge is -2.12. The molecule has 0 unspecified atom stereocenters. The van der Waals surface area contributed by atoms with Crippen LogP contribution < -0.4 is 0 Å². The second-order valence-corrected chi connectivity index (χ2v) is 4.13. The molecule has 0 spiro atoms. The molecule has 0 N–H and O–H groups in total. The molecule has 0 amide bonds. The first-order valence-electron chi connectivity index (χ1n) is 5.01. The highest BCUT2D eigenvalue weighted by molar-refractivity contribution is 6.35. The van der Waals surface area contributed by atoms with Crippen LogP contribution in [0.2, 0.25) is 5.02 Å². The molecule has 1 aromatic carbocycles. The highest BCUT2D eigenvalue weighted by atomic mass is 35.5. The first kappa shape index (κ1) is 12.8. The monoisotopic (exact) mass is 273 g/mol. The van der Waals surface area contributed by atoms with E-state index < -0.39 is 11.7 Å². The van der Waals surface area contributed by atoms with Crippen LogP contribution >= 0.6 is 11.6 Å². The Morgan fingerprint density at radius 2 is 2.00 bits per heavy atom. The summed E-state index contributed by atoms with van der Waals surface area (Å²) in [5.74, 6) is -0.157. The molecule has 1 aliphatic heterocycles. The number of aliphatic imine (C=N–C) groups is 1. The quantitative estimate of drug-likeness (QED) is 0.768. The number of nitrogens with zero attached hydrogens (tertiary/aromatic N) is 1. The molecule has 2 nitrogen and oxygen atoms in total. The Labute approximate surface area is 106 Å².